The molecule has 252 valence electrons. The maximum Gasteiger partial charge on any atom is 0.164 e. The first kappa shape index (κ1) is 31.4. The second-order valence-electron chi connectivity index (χ2n) is 13.4. The number of benzene rings is 8. The summed E-state index contributed by atoms with van der Waals surface area (Å²) in [5, 5.41) is 5.81. The smallest absolute Gasteiger partial charge is 0.164 e. The summed E-state index contributed by atoms with van der Waals surface area (Å²) >= 11 is 0. The summed E-state index contributed by atoms with van der Waals surface area (Å²) in [6.45, 7) is 0. The van der Waals surface area contributed by atoms with E-state index in [1.165, 1.54) is 27.3 Å². The third kappa shape index (κ3) is 5.67. The lowest BCUT2D eigenvalue weighted by molar-refractivity contribution is 1.08. The van der Waals surface area contributed by atoms with Crippen LogP contribution in [0.1, 0.15) is 0 Å². The van der Waals surface area contributed by atoms with Crippen LogP contribution in [0.25, 0.3) is 100 Å². The Morgan fingerprint density at radius 3 is 1.41 bits per heavy atom. The van der Waals surface area contributed by atoms with Gasteiger partial charge in [-0.3, -0.25) is 0 Å². The van der Waals surface area contributed by atoms with E-state index in [2.05, 4.69) is 133 Å². The largest absolute Gasteiger partial charge is 0.248 e. The topological polar surface area (TPSA) is 51.6 Å². The van der Waals surface area contributed by atoms with Crippen LogP contribution in [0.2, 0.25) is 0 Å². The van der Waals surface area contributed by atoms with Crippen molar-refractivity contribution in [1.82, 2.24) is 19.9 Å². The predicted octanol–water partition coefficient (Wildman–Crippen LogP) is 12.7. The Morgan fingerprint density at radius 2 is 0.759 bits per heavy atom. The van der Waals surface area contributed by atoms with Gasteiger partial charge in [0.15, 0.2) is 17.5 Å². The van der Waals surface area contributed by atoms with Gasteiger partial charge in [-0.25, -0.2) is 19.9 Å². The molecular formula is C50H32N4. The average Bonchev–Trinajstić information content (AvgIpc) is 3.26. The average molecular weight is 689 g/mol. The molecule has 0 aliphatic carbocycles. The number of pyridine rings is 1. The second kappa shape index (κ2) is 13.4. The van der Waals surface area contributed by atoms with E-state index in [4.69, 9.17) is 19.9 Å². The minimum Gasteiger partial charge on any atom is -0.248 e. The number of nitrogens with zero attached hydrogens (tertiary/aromatic N) is 4. The maximum absolute atomic E-state index is 5.22. The van der Waals surface area contributed by atoms with Crippen LogP contribution in [0, 0.1) is 0 Å². The van der Waals surface area contributed by atoms with E-state index in [0.717, 1.165) is 55.4 Å². The summed E-state index contributed by atoms with van der Waals surface area (Å²) in [5.41, 5.74) is 10.5. The van der Waals surface area contributed by atoms with E-state index in [1.54, 1.807) is 0 Å². The lowest BCUT2D eigenvalue weighted by atomic mass is 9.93. The summed E-state index contributed by atoms with van der Waals surface area (Å²) in [5.74, 6) is 1.94. The molecular weight excluding hydrogens is 657 g/mol. The van der Waals surface area contributed by atoms with Gasteiger partial charge < -0.3 is 0 Å². The molecule has 0 bridgehead atoms. The summed E-state index contributed by atoms with van der Waals surface area (Å²) in [4.78, 5) is 20.2. The molecule has 54 heavy (non-hydrogen) atoms. The molecule has 8 aromatic carbocycles. The molecule has 0 amide bonds. The van der Waals surface area contributed by atoms with Crippen molar-refractivity contribution < 1.29 is 0 Å². The van der Waals surface area contributed by atoms with Crippen molar-refractivity contribution >= 4 is 32.4 Å². The highest BCUT2D eigenvalue weighted by atomic mass is 15.0. The number of rotatable bonds is 6. The third-order valence-electron chi connectivity index (χ3n) is 10.1. The SMILES string of the molecule is c1ccc(-c2nc(-c3ccccc3)nc(-c3ccc(-c4ccc(-c5cc(-c6ccccc6)c6c(ccc7ccccc76)n5)cc4)c4ccccc34)n2)cc1. The van der Waals surface area contributed by atoms with Crippen molar-refractivity contribution in [2.24, 2.45) is 0 Å². The second-order valence-corrected chi connectivity index (χ2v) is 13.4. The fourth-order valence-corrected chi connectivity index (χ4v) is 7.50. The van der Waals surface area contributed by atoms with Gasteiger partial charge in [0.1, 0.15) is 0 Å². The lowest BCUT2D eigenvalue weighted by Gasteiger charge is -2.14. The van der Waals surface area contributed by atoms with Crippen molar-refractivity contribution in [3.63, 3.8) is 0 Å². The van der Waals surface area contributed by atoms with Crippen molar-refractivity contribution in [2.75, 3.05) is 0 Å². The molecule has 2 aromatic heterocycles. The van der Waals surface area contributed by atoms with Crippen LogP contribution in [0.5, 0.6) is 0 Å². The zero-order chi connectivity index (χ0) is 35.8. The van der Waals surface area contributed by atoms with Crippen molar-refractivity contribution in [1.29, 1.82) is 0 Å². The van der Waals surface area contributed by atoms with Crippen molar-refractivity contribution in [3.05, 3.63) is 194 Å². The number of aromatic nitrogens is 4. The molecule has 0 spiro atoms. The molecule has 0 unspecified atom stereocenters. The van der Waals surface area contributed by atoms with Crippen LogP contribution >= 0.6 is 0 Å². The van der Waals surface area contributed by atoms with Crippen molar-refractivity contribution in [2.45, 2.75) is 0 Å². The van der Waals surface area contributed by atoms with Gasteiger partial charge >= 0.3 is 0 Å². The fourth-order valence-electron chi connectivity index (χ4n) is 7.50. The Morgan fingerprint density at radius 1 is 0.278 bits per heavy atom. The van der Waals surface area contributed by atoms with Crippen LogP contribution < -0.4 is 0 Å². The first-order chi connectivity index (χ1) is 26.8. The zero-order valence-electron chi connectivity index (χ0n) is 29.3. The molecule has 4 heteroatoms. The lowest BCUT2D eigenvalue weighted by Crippen LogP contribution is -2.00. The number of hydrogen-bond donors (Lipinski definition) is 0. The third-order valence-corrected chi connectivity index (χ3v) is 10.1. The normalized spacial score (nSPS) is 11.3. The highest BCUT2D eigenvalue weighted by Crippen LogP contribution is 2.39. The molecule has 4 nitrogen and oxygen atoms in total. The standard InChI is InChI=1S/C50H32N4/c1-4-14-33(15-5-1)44-32-46(51-45-31-28-34-16-10-11-21-40(34)47(44)45)36-26-24-35(25-27-36)39-29-30-43(42-23-13-12-22-41(39)42)50-53-48(37-17-6-2-7-18-37)52-49(54-50)38-19-8-3-9-20-38/h1-32H. The van der Waals surface area contributed by atoms with Gasteiger partial charge in [0.25, 0.3) is 0 Å². The van der Waals surface area contributed by atoms with E-state index < -0.39 is 0 Å². The Hall–Kier alpha value is -7.30. The van der Waals surface area contributed by atoms with E-state index >= 15 is 0 Å². The minimum atomic E-state index is 0.644. The van der Waals surface area contributed by atoms with Crippen LogP contribution in [0.4, 0.5) is 0 Å². The molecule has 0 saturated heterocycles. The molecule has 10 aromatic rings. The molecule has 0 aliphatic rings. The van der Waals surface area contributed by atoms with Crippen LogP contribution in [0.3, 0.4) is 0 Å². The van der Waals surface area contributed by atoms with Crippen LogP contribution in [-0.4, -0.2) is 19.9 Å². The summed E-state index contributed by atoms with van der Waals surface area (Å²) < 4.78 is 0. The molecule has 0 radical (unpaired) electrons. The summed E-state index contributed by atoms with van der Waals surface area (Å²) in [6, 6.07) is 67.6. The van der Waals surface area contributed by atoms with E-state index in [9.17, 15) is 0 Å². The monoisotopic (exact) mass is 688 g/mol. The highest BCUT2D eigenvalue weighted by molar-refractivity contribution is 6.14. The number of hydrogen-bond acceptors (Lipinski definition) is 4. The Bertz CT molecular complexity index is 2900. The van der Waals surface area contributed by atoms with Gasteiger partial charge in [-0.1, -0.05) is 176 Å². The molecule has 0 fully saturated rings. The van der Waals surface area contributed by atoms with Crippen LogP contribution in [-0.2, 0) is 0 Å². The van der Waals surface area contributed by atoms with Gasteiger partial charge in [-0.05, 0) is 62.0 Å². The fraction of sp³-hybridized carbons (Fsp3) is 0. The summed E-state index contributed by atoms with van der Waals surface area (Å²) in [7, 11) is 0. The van der Waals surface area contributed by atoms with Gasteiger partial charge in [-0.2, -0.15) is 0 Å². The van der Waals surface area contributed by atoms with Gasteiger partial charge in [0.2, 0.25) is 0 Å². The minimum absolute atomic E-state index is 0.644. The van der Waals surface area contributed by atoms with E-state index in [-0.39, 0.29) is 0 Å². The molecule has 0 N–H and O–H groups in total. The first-order valence-corrected chi connectivity index (χ1v) is 18.1. The van der Waals surface area contributed by atoms with E-state index in [0.29, 0.717) is 17.5 Å². The molecule has 0 saturated carbocycles. The molecule has 0 atom stereocenters. The Labute approximate surface area is 313 Å². The Kier molecular flexibility index (Phi) is 7.77. The van der Waals surface area contributed by atoms with Crippen LogP contribution in [0.15, 0.2) is 194 Å². The quantitative estimate of drug-likeness (QED) is 0.163. The van der Waals surface area contributed by atoms with Gasteiger partial charge in [-0.15, -0.1) is 0 Å². The predicted molar refractivity (Wildman–Crippen MR) is 223 cm³/mol. The molecule has 2 heterocycles. The Balaban J connectivity index is 1.07. The highest BCUT2D eigenvalue weighted by Gasteiger charge is 2.17. The van der Waals surface area contributed by atoms with E-state index in [1.807, 2.05) is 60.7 Å². The first-order valence-electron chi connectivity index (χ1n) is 18.1. The zero-order valence-corrected chi connectivity index (χ0v) is 29.3. The molecule has 10 rings (SSSR count). The summed E-state index contributed by atoms with van der Waals surface area (Å²) in [6.07, 6.45) is 0. The maximum atomic E-state index is 5.22. The van der Waals surface area contributed by atoms with Gasteiger partial charge in [0, 0.05) is 27.6 Å². The molecule has 0 aliphatic heterocycles. The number of fused-ring (bicyclic) bond motifs is 4. The van der Waals surface area contributed by atoms with Crippen molar-refractivity contribution in [3.8, 4) is 67.7 Å². The van der Waals surface area contributed by atoms with Gasteiger partial charge in [0.05, 0.1) is 11.2 Å².